The van der Waals surface area contributed by atoms with Gasteiger partial charge < -0.3 is 20.1 Å². The summed E-state index contributed by atoms with van der Waals surface area (Å²) in [5.41, 5.74) is 3.24. The van der Waals surface area contributed by atoms with Crippen LogP contribution in [0.5, 0.6) is 0 Å². The minimum absolute atomic E-state index is 0.117. The highest BCUT2D eigenvalue weighted by atomic mass is 19.4. The van der Waals surface area contributed by atoms with Crippen LogP contribution in [0.25, 0.3) is 0 Å². The highest BCUT2D eigenvalue weighted by molar-refractivity contribution is 5.73. The largest absolute Gasteiger partial charge is 0.411 e. The molecule has 31 heavy (non-hydrogen) atoms. The van der Waals surface area contributed by atoms with Gasteiger partial charge in [0.2, 0.25) is 0 Å². The van der Waals surface area contributed by atoms with Gasteiger partial charge in [0.05, 0.1) is 18.8 Å². The molecule has 2 N–H and O–H groups in total. The van der Waals surface area contributed by atoms with Crippen LogP contribution in [0, 0.1) is 0 Å². The molecule has 0 aliphatic rings. The number of nitrogens with one attached hydrogen (secondary N) is 2. The summed E-state index contributed by atoms with van der Waals surface area (Å²) in [7, 11) is 0. The Labute approximate surface area is 180 Å². The topological polar surface area (TPSA) is 59.6 Å². The molecule has 170 valence electrons. The van der Waals surface area contributed by atoms with Gasteiger partial charge in [-0.2, -0.15) is 13.2 Å². The zero-order valence-electron chi connectivity index (χ0n) is 18.0. The fourth-order valence-corrected chi connectivity index (χ4v) is 2.59. The van der Waals surface area contributed by atoms with E-state index in [-0.39, 0.29) is 18.2 Å². The summed E-state index contributed by atoms with van der Waals surface area (Å²) in [6.07, 6.45) is -4.33. The predicted molar refractivity (Wildman–Crippen MR) is 112 cm³/mol. The molecule has 5 nitrogen and oxygen atoms in total. The molecule has 2 aromatic carbocycles. The first-order chi connectivity index (χ1) is 14.5. The van der Waals surface area contributed by atoms with Gasteiger partial charge in [0.15, 0.2) is 0 Å². The van der Waals surface area contributed by atoms with Gasteiger partial charge in [0.1, 0.15) is 6.61 Å². The number of hydrogen-bond donors (Lipinski definition) is 2. The Morgan fingerprint density at radius 3 is 2.03 bits per heavy atom. The maximum atomic E-state index is 12.1. The molecular weight excluding hydrogens is 409 g/mol. The van der Waals surface area contributed by atoms with Crippen molar-refractivity contribution >= 4 is 6.03 Å². The van der Waals surface area contributed by atoms with Crippen molar-refractivity contribution < 1.29 is 27.4 Å². The molecular formula is C23H29F3N2O3. The van der Waals surface area contributed by atoms with E-state index in [0.717, 1.165) is 16.7 Å². The fourth-order valence-electron chi connectivity index (χ4n) is 2.59. The van der Waals surface area contributed by atoms with Crippen molar-refractivity contribution in [1.29, 1.82) is 0 Å². The second kappa shape index (κ2) is 11.2. The van der Waals surface area contributed by atoms with Crippen molar-refractivity contribution in [2.45, 2.75) is 58.9 Å². The number of urea groups is 1. The molecule has 0 saturated carbocycles. The fraction of sp³-hybridized carbons (Fsp3) is 0.435. The van der Waals surface area contributed by atoms with Gasteiger partial charge in [0, 0.05) is 13.1 Å². The van der Waals surface area contributed by atoms with E-state index in [9.17, 15) is 18.0 Å². The molecule has 2 aromatic rings. The monoisotopic (exact) mass is 438 g/mol. The molecule has 0 saturated heterocycles. The van der Waals surface area contributed by atoms with Crippen LogP contribution in [0.3, 0.4) is 0 Å². The van der Waals surface area contributed by atoms with Gasteiger partial charge >= 0.3 is 12.2 Å². The van der Waals surface area contributed by atoms with Crippen molar-refractivity contribution in [2.75, 3.05) is 6.61 Å². The minimum atomic E-state index is -4.33. The van der Waals surface area contributed by atoms with Crippen LogP contribution >= 0.6 is 0 Å². The van der Waals surface area contributed by atoms with E-state index >= 15 is 0 Å². The van der Waals surface area contributed by atoms with Crippen molar-refractivity contribution in [2.24, 2.45) is 0 Å². The summed E-state index contributed by atoms with van der Waals surface area (Å²) in [4.78, 5) is 12.1. The average molecular weight is 438 g/mol. The Kier molecular flexibility index (Phi) is 8.88. The van der Waals surface area contributed by atoms with Crippen molar-refractivity contribution in [3.63, 3.8) is 0 Å². The lowest BCUT2D eigenvalue weighted by Crippen LogP contribution is -2.34. The maximum absolute atomic E-state index is 12.1. The first-order valence-corrected chi connectivity index (χ1v) is 9.96. The summed E-state index contributed by atoms with van der Waals surface area (Å²) >= 11 is 0. The molecule has 0 heterocycles. The number of carbonyl (C=O) groups is 1. The number of hydrogen-bond acceptors (Lipinski definition) is 3. The number of rotatable bonds is 9. The molecule has 0 atom stereocenters. The Morgan fingerprint density at radius 1 is 0.839 bits per heavy atom. The quantitative estimate of drug-likeness (QED) is 0.574. The van der Waals surface area contributed by atoms with Crippen molar-refractivity contribution in [3.8, 4) is 0 Å². The second-order valence-corrected chi connectivity index (χ2v) is 8.18. The number of halogens is 3. The van der Waals surface area contributed by atoms with Gasteiger partial charge in [-0.25, -0.2) is 4.79 Å². The summed E-state index contributed by atoms with van der Waals surface area (Å²) in [5.74, 6) is 0. The number of ether oxygens (including phenoxy) is 2. The second-order valence-electron chi connectivity index (χ2n) is 8.18. The van der Waals surface area contributed by atoms with Gasteiger partial charge in [-0.15, -0.1) is 0 Å². The first kappa shape index (κ1) is 24.7. The zero-order valence-corrected chi connectivity index (χ0v) is 18.0. The third-order valence-corrected chi connectivity index (χ3v) is 4.13. The van der Waals surface area contributed by atoms with E-state index in [1.54, 1.807) is 24.3 Å². The molecule has 0 aliphatic carbocycles. The lowest BCUT2D eigenvalue weighted by Gasteiger charge is -2.19. The highest BCUT2D eigenvalue weighted by Crippen LogP contribution is 2.16. The van der Waals surface area contributed by atoms with Crippen molar-refractivity contribution in [1.82, 2.24) is 10.6 Å². The Balaban J connectivity index is 1.72. The number of carbonyl (C=O) groups excluding carboxylic acids is 1. The Morgan fingerprint density at radius 2 is 1.42 bits per heavy atom. The first-order valence-electron chi connectivity index (χ1n) is 9.96. The molecule has 0 aliphatic heterocycles. The van der Waals surface area contributed by atoms with Crippen LogP contribution in [0.15, 0.2) is 48.5 Å². The van der Waals surface area contributed by atoms with Crippen LogP contribution in [-0.4, -0.2) is 24.4 Å². The molecule has 0 unspecified atom stereocenters. The van der Waals surface area contributed by atoms with Gasteiger partial charge in [0.25, 0.3) is 0 Å². The summed E-state index contributed by atoms with van der Waals surface area (Å²) in [6, 6.07) is 14.4. The molecule has 0 radical (unpaired) electrons. The molecule has 2 amide bonds. The smallest absolute Gasteiger partial charge is 0.371 e. The maximum Gasteiger partial charge on any atom is 0.411 e. The van der Waals surface area contributed by atoms with E-state index in [1.807, 2.05) is 45.0 Å². The van der Waals surface area contributed by atoms with Gasteiger partial charge in [-0.1, -0.05) is 48.5 Å². The number of benzene rings is 2. The zero-order chi connectivity index (χ0) is 22.9. The van der Waals surface area contributed by atoms with E-state index in [2.05, 4.69) is 15.4 Å². The van der Waals surface area contributed by atoms with Crippen LogP contribution in [0.4, 0.5) is 18.0 Å². The lowest BCUT2D eigenvalue weighted by atomic mass is 10.1. The van der Waals surface area contributed by atoms with E-state index in [0.29, 0.717) is 25.3 Å². The van der Waals surface area contributed by atoms with Crippen LogP contribution < -0.4 is 10.6 Å². The molecule has 8 heteroatoms. The Bertz CT molecular complexity index is 831. The molecule has 0 bridgehead atoms. The third-order valence-electron chi connectivity index (χ3n) is 4.13. The number of alkyl halides is 3. The summed E-state index contributed by atoms with van der Waals surface area (Å²) < 4.78 is 46.7. The molecule has 2 rings (SSSR count). The molecule has 0 aromatic heterocycles. The lowest BCUT2D eigenvalue weighted by molar-refractivity contribution is -0.176. The summed E-state index contributed by atoms with van der Waals surface area (Å²) in [6.45, 7) is 5.78. The van der Waals surface area contributed by atoms with Crippen LogP contribution in [0.1, 0.15) is 43.0 Å². The normalized spacial score (nSPS) is 11.9. The van der Waals surface area contributed by atoms with Crippen LogP contribution in [0.2, 0.25) is 0 Å². The van der Waals surface area contributed by atoms with Crippen LogP contribution in [-0.2, 0) is 35.8 Å². The number of amides is 2. The van der Waals surface area contributed by atoms with Crippen molar-refractivity contribution in [3.05, 3.63) is 70.8 Å². The van der Waals surface area contributed by atoms with E-state index in [4.69, 9.17) is 4.74 Å². The standard InChI is InChI=1S/C23H29F3N2O3/c1-22(2,3)31-15-20-6-4-5-19(11-20)13-28-21(29)27-12-17-7-9-18(10-8-17)14-30-16-23(24,25)26/h4-11H,12-16H2,1-3H3,(H2,27,28,29). The summed E-state index contributed by atoms with van der Waals surface area (Å²) in [5, 5.41) is 5.56. The molecule has 0 fully saturated rings. The highest BCUT2D eigenvalue weighted by Gasteiger charge is 2.27. The SMILES string of the molecule is CC(C)(C)OCc1cccc(CNC(=O)NCc2ccc(COCC(F)(F)F)cc2)c1. The third kappa shape index (κ3) is 10.8. The van der Waals surface area contributed by atoms with Gasteiger partial charge in [-0.3, -0.25) is 0 Å². The predicted octanol–water partition coefficient (Wildman–Crippen LogP) is 5.08. The van der Waals surface area contributed by atoms with Gasteiger partial charge in [-0.05, 0) is 43.0 Å². The van der Waals surface area contributed by atoms with E-state index in [1.165, 1.54) is 0 Å². The Hall–Kier alpha value is -2.58. The molecule has 0 spiro atoms. The average Bonchev–Trinajstić information content (AvgIpc) is 2.69. The van der Waals surface area contributed by atoms with E-state index < -0.39 is 12.8 Å². The minimum Gasteiger partial charge on any atom is -0.371 e.